The first kappa shape index (κ1) is 13.0. The van der Waals surface area contributed by atoms with Crippen LogP contribution in [0, 0.1) is 0 Å². The predicted molar refractivity (Wildman–Crippen MR) is 83.0 cm³/mol. The second-order valence-electron chi connectivity index (χ2n) is 4.80. The van der Waals surface area contributed by atoms with Gasteiger partial charge in [0.2, 0.25) is 0 Å². The number of halogens is 1. The zero-order valence-electron chi connectivity index (χ0n) is 11.5. The lowest BCUT2D eigenvalue weighted by atomic mass is 10.2. The van der Waals surface area contributed by atoms with Crippen molar-refractivity contribution in [2.24, 2.45) is 0 Å². The maximum Gasteiger partial charge on any atom is 0.163 e. The van der Waals surface area contributed by atoms with E-state index in [1.807, 2.05) is 39.7 Å². The summed E-state index contributed by atoms with van der Waals surface area (Å²) in [4.78, 5) is 12.7. The predicted octanol–water partition coefficient (Wildman–Crippen LogP) is 2.71. The topological polar surface area (TPSA) is 61.4 Å². The smallest absolute Gasteiger partial charge is 0.163 e. The Hall–Kier alpha value is -2.73. The summed E-state index contributed by atoms with van der Waals surface area (Å²) in [5.41, 5.74) is 1.76. The molecule has 0 amide bonds. The van der Waals surface area contributed by atoms with E-state index >= 15 is 0 Å². The lowest BCUT2D eigenvalue weighted by Crippen LogP contribution is -2.04. The highest BCUT2D eigenvalue weighted by Gasteiger charge is 2.12. The molecule has 108 valence electrons. The zero-order chi connectivity index (χ0) is 14.9. The molecule has 0 atom stereocenters. The van der Waals surface area contributed by atoms with Crippen LogP contribution in [0.1, 0.15) is 5.56 Å². The van der Waals surface area contributed by atoms with E-state index in [0.29, 0.717) is 6.54 Å². The summed E-state index contributed by atoms with van der Waals surface area (Å²) >= 11 is 6.22. The fourth-order valence-electron chi connectivity index (χ4n) is 2.37. The van der Waals surface area contributed by atoms with Gasteiger partial charge in [0.05, 0.1) is 18.1 Å². The molecule has 0 fully saturated rings. The lowest BCUT2D eigenvalue weighted by molar-refractivity contribution is 0.703. The molecule has 0 aliphatic heterocycles. The van der Waals surface area contributed by atoms with Gasteiger partial charge in [0, 0.05) is 17.4 Å². The van der Waals surface area contributed by atoms with Crippen LogP contribution in [-0.4, -0.2) is 29.3 Å². The SMILES string of the molecule is Clc1ccccc1Cn1ncc2c(-n3ccnc3)ncnc21. The molecule has 0 saturated carbocycles. The van der Waals surface area contributed by atoms with E-state index in [1.54, 1.807) is 18.7 Å². The fourth-order valence-corrected chi connectivity index (χ4v) is 2.57. The van der Waals surface area contributed by atoms with Crippen molar-refractivity contribution in [2.45, 2.75) is 6.54 Å². The maximum absolute atomic E-state index is 6.22. The number of aromatic nitrogens is 6. The lowest BCUT2D eigenvalue weighted by Gasteiger charge is -2.06. The second-order valence-corrected chi connectivity index (χ2v) is 5.21. The summed E-state index contributed by atoms with van der Waals surface area (Å²) in [5, 5.41) is 6.01. The third-order valence-electron chi connectivity index (χ3n) is 3.44. The summed E-state index contributed by atoms with van der Waals surface area (Å²) in [6.07, 6.45) is 8.55. The molecule has 22 heavy (non-hydrogen) atoms. The number of rotatable bonds is 3. The Kier molecular flexibility index (Phi) is 3.08. The molecule has 4 rings (SSSR count). The third-order valence-corrected chi connectivity index (χ3v) is 3.81. The van der Waals surface area contributed by atoms with Crippen molar-refractivity contribution in [3.05, 3.63) is 66.1 Å². The second kappa shape index (κ2) is 5.23. The molecular weight excluding hydrogens is 300 g/mol. The molecule has 0 radical (unpaired) electrons. The van der Waals surface area contributed by atoms with E-state index in [9.17, 15) is 0 Å². The van der Waals surface area contributed by atoms with Gasteiger partial charge in [-0.25, -0.2) is 19.6 Å². The van der Waals surface area contributed by atoms with Crippen molar-refractivity contribution in [3.8, 4) is 5.82 Å². The number of nitrogens with zero attached hydrogens (tertiary/aromatic N) is 6. The first-order chi connectivity index (χ1) is 10.8. The van der Waals surface area contributed by atoms with Crippen LogP contribution in [0.3, 0.4) is 0 Å². The number of benzene rings is 1. The van der Waals surface area contributed by atoms with Crippen molar-refractivity contribution in [2.75, 3.05) is 0 Å². The zero-order valence-corrected chi connectivity index (χ0v) is 12.2. The molecular formula is C15H11ClN6. The van der Waals surface area contributed by atoms with Gasteiger partial charge in [-0.15, -0.1) is 0 Å². The molecule has 0 bridgehead atoms. The van der Waals surface area contributed by atoms with Gasteiger partial charge in [0.25, 0.3) is 0 Å². The Morgan fingerprint density at radius 3 is 2.86 bits per heavy atom. The van der Waals surface area contributed by atoms with Crippen LogP contribution >= 0.6 is 11.6 Å². The minimum atomic E-state index is 0.559. The van der Waals surface area contributed by atoms with E-state index in [0.717, 1.165) is 27.4 Å². The number of hydrogen-bond acceptors (Lipinski definition) is 4. The Balaban J connectivity index is 1.81. The third kappa shape index (κ3) is 2.14. The molecule has 6 nitrogen and oxygen atoms in total. The molecule has 7 heteroatoms. The first-order valence-electron chi connectivity index (χ1n) is 6.71. The standard InChI is InChI=1S/C15H11ClN6/c16-13-4-2-1-3-11(13)8-22-15-12(7-20-22)14(18-9-19-15)21-6-5-17-10-21/h1-7,9-10H,8H2. The van der Waals surface area contributed by atoms with Crippen LogP contribution in [0.4, 0.5) is 0 Å². The van der Waals surface area contributed by atoms with Crippen LogP contribution in [0.25, 0.3) is 16.9 Å². The number of fused-ring (bicyclic) bond motifs is 1. The van der Waals surface area contributed by atoms with Crippen LogP contribution < -0.4 is 0 Å². The van der Waals surface area contributed by atoms with Gasteiger partial charge in [-0.3, -0.25) is 4.57 Å². The molecule has 0 unspecified atom stereocenters. The van der Waals surface area contributed by atoms with E-state index in [-0.39, 0.29) is 0 Å². The van der Waals surface area contributed by atoms with Crippen LogP contribution in [0.2, 0.25) is 5.02 Å². The Bertz CT molecular complexity index is 928. The monoisotopic (exact) mass is 310 g/mol. The van der Waals surface area contributed by atoms with Crippen molar-refractivity contribution in [1.29, 1.82) is 0 Å². The Morgan fingerprint density at radius 2 is 2.05 bits per heavy atom. The minimum absolute atomic E-state index is 0.559. The summed E-state index contributed by atoms with van der Waals surface area (Å²) in [7, 11) is 0. The molecule has 0 aliphatic carbocycles. The summed E-state index contributed by atoms with van der Waals surface area (Å²) < 4.78 is 3.66. The Labute approximate surface area is 131 Å². The molecule has 3 aromatic heterocycles. The number of imidazole rings is 1. The average molecular weight is 311 g/mol. The van der Waals surface area contributed by atoms with Crippen molar-refractivity contribution < 1.29 is 0 Å². The van der Waals surface area contributed by atoms with E-state index < -0.39 is 0 Å². The average Bonchev–Trinajstić information content (AvgIpc) is 3.19. The summed E-state index contributed by atoms with van der Waals surface area (Å²) in [6, 6.07) is 7.72. The van der Waals surface area contributed by atoms with E-state index in [2.05, 4.69) is 20.1 Å². The van der Waals surface area contributed by atoms with Gasteiger partial charge < -0.3 is 0 Å². The quantitative estimate of drug-likeness (QED) is 0.584. The fraction of sp³-hybridized carbons (Fsp3) is 0.0667. The highest BCUT2D eigenvalue weighted by Crippen LogP contribution is 2.21. The molecule has 0 spiro atoms. The van der Waals surface area contributed by atoms with Crippen LogP contribution in [-0.2, 0) is 6.54 Å². The van der Waals surface area contributed by atoms with Crippen LogP contribution in [0.5, 0.6) is 0 Å². The van der Waals surface area contributed by atoms with Crippen molar-refractivity contribution >= 4 is 22.6 Å². The maximum atomic E-state index is 6.22. The van der Waals surface area contributed by atoms with Gasteiger partial charge in [0.1, 0.15) is 12.7 Å². The van der Waals surface area contributed by atoms with Crippen LogP contribution in [0.15, 0.2) is 55.5 Å². The normalized spacial score (nSPS) is 11.1. The van der Waals surface area contributed by atoms with Gasteiger partial charge in [-0.2, -0.15) is 5.10 Å². The highest BCUT2D eigenvalue weighted by molar-refractivity contribution is 6.31. The van der Waals surface area contributed by atoms with Gasteiger partial charge >= 0.3 is 0 Å². The molecule has 4 aromatic rings. The first-order valence-corrected chi connectivity index (χ1v) is 7.09. The van der Waals surface area contributed by atoms with Gasteiger partial charge in [-0.1, -0.05) is 29.8 Å². The molecule has 0 aliphatic rings. The van der Waals surface area contributed by atoms with Crippen molar-refractivity contribution in [1.82, 2.24) is 29.3 Å². The highest BCUT2D eigenvalue weighted by atomic mass is 35.5. The molecule has 1 aromatic carbocycles. The molecule has 3 heterocycles. The van der Waals surface area contributed by atoms with Gasteiger partial charge in [-0.05, 0) is 11.6 Å². The molecule has 0 N–H and O–H groups in total. The van der Waals surface area contributed by atoms with Gasteiger partial charge in [0.15, 0.2) is 11.5 Å². The summed E-state index contributed by atoms with van der Waals surface area (Å²) in [5.74, 6) is 0.757. The van der Waals surface area contributed by atoms with Crippen molar-refractivity contribution in [3.63, 3.8) is 0 Å². The van der Waals surface area contributed by atoms with E-state index in [1.165, 1.54) is 6.33 Å². The largest absolute Gasteiger partial charge is 0.290 e. The van der Waals surface area contributed by atoms with E-state index in [4.69, 9.17) is 11.6 Å². The number of hydrogen-bond donors (Lipinski definition) is 0. The summed E-state index contributed by atoms with van der Waals surface area (Å²) in [6.45, 7) is 0.559. The minimum Gasteiger partial charge on any atom is -0.290 e. The Morgan fingerprint density at radius 1 is 1.14 bits per heavy atom. The molecule has 0 saturated heterocycles.